The summed E-state index contributed by atoms with van der Waals surface area (Å²) < 4.78 is 0. The van der Waals surface area contributed by atoms with Crippen molar-refractivity contribution >= 4 is 17.6 Å². The number of aliphatic carboxylic acids is 1. The molecule has 2 aliphatic rings. The van der Waals surface area contributed by atoms with Gasteiger partial charge in [0.25, 0.3) is 0 Å². The third-order valence-electron chi connectivity index (χ3n) is 4.15. The zero-order valence-electron chi connectivity index (χ0n) is 11.2. The number of para-hydroxylation sites is 1. The van der Waals surface area contributed by atoms with E-state index >= 15 is 0 Å². The molecule has 2 unspecified atom stereocenters. The number of hydrogen-bond donors (Lipinski definition) is 2. The third-order valence-corrected chi connectivity index (χ3v) is 4.15. The zero-order chi connectivity index (χ0) is 14.1. The Labute approximate surface area is 117 Å². The van der Waals surface area contributed by atoms with Crippen LogP contribution in [0.1, 0.15) is 24.8 Å². The molecular weight excluding hydrogens is 256 g/mol. The minimum atomic E-state index is -0.814. The van der Waals surface area contributed by atoms with Crippen molar-refractivity contribution in [2.75, 3.05) is 11.4 Å². The maximum atomic E-state index is 11.8. The van der Waals surface area contributed by atoms with Crippen LogP contribution in [0.15, 0.2) is 24.3 Å². The Balaban J connectivity index is 1.95. The zero-order valence-corrected chi connectivity index (χ0v) is 11.2. The van der Waals surface area contributed by atoms with E-state index in [0.717, 1.165) is 24.1 Å². The maximum Gasteiger partial charge on any atom is 0.326 e. The number of benzene rings is 1. The van der Waals surface area contributed by atoms with Crippen molar-refractivity contribution in [1.29, 1.82) is 0 Å². The van der Waals surface area contributed by atoms with Crippen LogP contribution < -0.4 is 10.2 Å². The highest BCUT2D eigenvalue weighted by Gasteiger charge is 2.39. The van der Waals surface area contributed by atoms with E-state index in [1.807, 2.05) is 29.2 Å². The summed E-state index contributed by atoms with van der Waals surface area (Å²) in [5, 5.41) is 12.3. The number of carboxylic acid groups (broad SMARTS) is 1. The van der Waals surface area contributed by atoms with E-state index in [1.54, 1.807) is 0 Å². The van der Waals surface area contributed by atoms with E-state index in [1.165, 1.54) is 0 Å². The van der Waals surface area contributed by atoms with E-state index in [-0.39, 0.29) is 11.9 Å². The highest BCUT2D eigenvalue weighted by Crippen LogP contribution is 2.36. The van der Waals surface area contributed by atoms with Gasteiger partial charge in [0, 0.05) is 31.1 Å². The summed E-state index contributed by atoms with van der Waals surface area (Å²) in [5.74, 6) is -0.799. The van der Waals surface area contributed by atoms with Gasteiger partial charge in [-0.15, -0.1) is 0 Å². The maximum absolute atomic E-state index is 11.8. The lowest BCUT2D eigenvalue weighted by Crippen LogP contribution is -2.46. The molecule has 5 nitrogen and oxygen atoms in total. The van der Waals surface area contributed by atoms with Gasteiger partial charge in [-0.1, -0.05) is 18.2 Å². The Bertz CT molecular complexity index is 544. The first-order valence-electron chi connectivity index (χ1n) is 7.02. The SMILES string of the molecule is O=C1CC(N2c3ccccc3CC2C(=O)O)CCCN1. The van der Waals surface area contributed by atoms with Crippen LogP contribution >= 0.6 is 0 Å². The Kier molecular flexibility index (Phi) is 3.34. The van der Waals surface area contributed by atoms with E-state index in [4.69, 9.17) is 0 Å². The quantitative estimate of drug-likeness (QED) is 0.849. The summed E-state index contributed by atoms with van der Waals surface area (Å²) in [6, 6.07) is 7.21. The van der Waals surface area contributed by atoms with E-state index in [2.05, 4.69) is 5.32 Å². The Hall–Kier alpha value is -2.04. The van der Waals surface area contributed by atoms with Crippen molar-refractivity contribution < 1.29 is 14.7 Å². The number of carboxylic acids is 1. The number of amides is 1. The lowest BCUT2D eigenvalue weighted by Gasteiger charge is -2.32. The van der Waals surface area contributed by atoms with E-state index < -0.39 is 12.0 Å². The molecule has 0 spiro atoms. The van der Waals surface area contributed by atoms with Crippen molar-refractivity contribution in [1.82, 2.24) is 5.32 Å². The molecule has 0 radical (unpaired) electrons. The highest BCUT2D eigenvalue weighted by molar-refractivity contribution is 5.84. The van der Waals surface area contributed by atoms with Gasteiger partial charge >= 0.3 is 5.97 Å². The molecule has 1 saturated heterocycles. The topological polar surface area (TPSA) is 69.6 Å². The molecule has 106 valence electrons. The van der Waals surface area contributed by atoms with E-state index in [9.17, 15) is 14.7 Å². The molecule has 2 heterocycles. The normalized spacial score (nSPS) is 25.8. The minimum Gasteiger partial charge on any atom is -0.480 e. The van der Waals surface area contributed by atoms with Crippen LogP contribution in [0, 0.1) is 0 Å². The largest absolute Gasteiger partial charge is 0.480 e. The number of nitrogens with zero attached hydrogens (tertiary/aromatic N) is 1. The molecule has 0 saturated carbocycles. The second-order valence-electron chi connectivity index (χ2n) is 5.44. The van der Waals surface area contributed by atoms with Crippen molar-refractivity contribution in [2.24, 2.45) is 0 Å². The van der Waals surface area contributed by atoms with Gasteiger partial charge in [0.1, 0.15) is 6.04 Å². The van der Waals surface area contributed by atoms with Crippen molar-refractivity contribution in [3.8, 4) is 0 Å². The van der Waals surface area contributed by atoms with Crippen LogP contribution in [0.2, 0.25) is 0 Å². The number of nitrogens with one attached hydrogen (secondary N) is 1. The number of rotatable bonds is 2. The first-order valence-corrected chi connectivity index (χ1v) is 7.02. The van der Waals surface area contributed by atoms with Crippen LogP contribution in [0.3, 0.4) is 0 Å². The summed E-state index contributed by atoms with van der Waals surface area (Å²) in [7, 11) is 0. The molecule has 2 aliphatic heterocycles. The van der Waals surface area contributed by atoms with Crippen LogP contribution in [0.5, 0.6) is 0 Å². The summed E-state index contributed by atoms with van der Waals surface area (Å²) in [6.07, 6.45) is 2.63. The fraction of sp³-hybridized carbons (Fsp3) is 0.467. The standard InChI is InChI=1S/C15H18N2O3/c18-14-9-11(5-3-7-16-14)17-12-6-2-1-4-10(12)8-13(17)15(19)20/h1-2,4,6,11,13H,3,5,7-9H2,(H,16,18)(H,19,20). The van der Waals surface area contributed by atoms with Crippen LogP contribution in [0.4, 0.5) is 5.69 Å². The number of hydrogen-bond acceptors (Lipinski definition) is 3. The van der Waals surface area contributed by atoms with Gasteiger partial charge < -0.3 is 15.3 Å². The molecule has 1 amide bonds. The first kappa shape index (κ1) is 13.0. The molecule has 0 aromatic heterocycles. The molecule has 5 heteroatoms. The molecule has 2 atom stereocenters. The summed E-state index contributed by atoms with van der Waals surface area (Å²) >= 11 is 0. The summed E-state index contributed by atoms with van der Waals surface area (Å²) in [5.41, 5.74) is 2.03. The van der Waals surface area contributed by atoms with Crippen LogP contribution in [-0.2, 0) is 16.0 Å². The lowest BCUT2D eigenvalue weighted by molar-refractivity contribution is -0.138. The lowest BCUT2D eigenvalue weighted by atomic mass is 10.1. The van der Waals surface area contributed by atoms with Crippen LogP contribution in [-0.4, -0.2) is 35.6 Å². The monoisotopic (exact) mass is 274 g/mol. The average molecular weight is 274 g/mol. The van der Waals surface area contributed by atoms with Gasteiger partial charge in [-0.25, -0.2) is 4.79 Å². The third kappa shape index (κ3) is 2.24. The average Bonchev–Trinajstić information content (AvgIpc) is 2.69. The Morgan fingerprint density at radius 1 is 1.30 bits per heavy atom. The molecule has 0 bridgehead atoms. The smallest absolute Gasteiger partial charge is 0.326 e. The van der Waals surface area contributed by atoms with Gasteiger partial charge in [0.2, 0.25) is 5.91 Å². The van der Waals surface area contributed by atoms with Crippen LogP contribution in [0.25, 0.3) is 0 Å². The van der Waals surface area contributed by atoms with Gasteiger partial charge in [-0.05, 0) is 24.5 Å². The highest BCUT2D eigenvalue weighted by atomic mass is 16.4. The predicted molar refractivity (Wildman–Crippen MR) is 74.7 cm³/mol. The molecule has 20 heavy (non-hydrogen) atoms. The summed E-state index contributed by atoms with van der Waals surface area (Å²) in [4.78, 5) is 25.2. The minimum absolute atomic E-state index is 0.0148. The molecule has 1 fully saturated rings. The molecule has 2 N–H and O–H groups in total. The van der Waals surface area contributed by atoms with Gasteiger partial charge in [-0.2, -0.15) is 0 Å². The molecular formula is C15H18N2O3. The fourth-order valence-corrected chi connectivity index (χ4v) is 3.26. The first-order chi connectivity index (χ1) is 9.66. The second-order valence-corrected chi connectivity index (χ2v) is 5.44. The number of fused-ring (bicyclic) bond motifs is 1. The molecule has 1 aromatic rings. The number of anilines is 1. The summed E-state index contributed by atoms with van der Waals surface area (Å²) in [6.45, 7) is 0.683. The van der Waals surface area contributed by atoms with Gasteiger partial charge in [-0.3, -0.25) is 4.79 Å². The molecule has 1 aromatic carbocycles. The fourth-order valence-electron chi connectivity index (χ4n) is 3.26. The Morgan fingerprint density at radius 2 is 2.10 bits per heavy atom. The van der Waals surface area contributed by atoms with Gasteiger partial charge in [0.15, 0.2) is 0 Å². The predicted octanol–water partition coefficient (Wildman–Crippen LogP) is 1.17. The van der Waals surface area contributed by atoms with E-state index in [0.29, 0.717) is 19.4 Å². The van der Waals surface area contributed by atoms with Gasteiger partial charge in [0.05, 0.1) is 0 Å². The molecule has 3 rings (SSSR count). The van der Waals surface area contributed by atoms with Crippen molar-refractivity contribution in [3.63, 3.8) is 0 Å². The number of carbonyl (C=O) groups is 2. The molecule has 0 aliphatic carbocycles. The van der Waals surface area contributed by atoms with Crippen molar-refractivity contribution in [3.05, 3.63) is 29.8 Å². The number of carbonyl (C=O) groups excluding carboxylic acids is 1. The Morgan fingerprint density at radius 3 is 2.90 bits per heavy atom. The van der Waals surface area contributed by atoms with Crippen molar-refractivity contribution in [2.45, 2.75) is 37.8 Å². The second kappa shape index (κ2) is 5.15.